The Morgan fingerprint density at radius 1 is 1.00 bits per heavy atom. The van der Waals surface area contributed by atoms with E-state index in [1.807, 2.05) is 0 Å². The Morgan fingerprint density at radius 2 is 1.65 bits per heavy atom. The highest BCUT2D eigenvalue weighted by Crippen LogP contribution is 2.30. The molecule has 1 aliphatic carbocycles. The second-order valence-electron chi connectivity index (χ2n) is 8.74. The number of piperazine rings is 1. The lowest BCUT2D eigenvalue weighted by atomic mass is 9.81. The summed E-state index contributed by atoms with van der Waals surface area (Å²) in [5, 5.41) is 0. The Bertz CT molecular complexity index is 362. The highest BCUT2D eigenvalue weighted by Gasteiger charge is 2.31. The van der Waals surface area contributed by atoms with Crippen LogP contribution in [0.15, 0.2) is 0 Å². The number of amides is 1. The van der Waals surface area contributed by atoms with Crippen LogP contribution in [0.2, 0.25) is 0 Å². The van der Waals surface area contributed by atoms with Crippen LogP contribution < -0.4 is 0 Å². The van der Waals surface area contributed by atoms with Crippen molar-refractivity contribution in [2.24, 2.45) is 17.8 Å². The van der Waals surface area contributed by atoms with Gasteiger partial charge in [0.1, 0.15) is 0 Å². The van der Waals surface area contributed by atoms with E-state index in [0.717, 1.165) is 78.2 Å². The van der Waals surface area contributed by atoms with Gasteiger partial charge >= 0.3 is 0 Å². The summed E-state index contributed by atoms with van der Waals surface area (Å²) in [5.41, 5.74) is 0. The predicted octanol–water partition coefficient (Wildman–Crippen LogP) is 3.03. The molecule has 1 saturated heterocycles. The molecular formula is C21H40N2O3. The van der Waals surface area contributed by atoms with E-state index in [1.165, 1.54) is 0 Å². The fraction of sp³-hybridized carbons (Fsp3) is 0.952. The highest BCUT2D eigenvalue weighted by molar-refractivity contribution is 5.79. The first-order valence-corrected chi connectivity index (χ1v) is 10.7. The minimum atomic E-state index is 0.243. The Morgan fingerprint density at radius 3 is 2.23 bits per heavy atom. The molecule has 0 spiro atoms. The Hall–Kier alpha value is -0.650. The molecule has 1 saturated carbocycles. The lowest BCUT2D eigenvalue weighted by Crippen LogP contribution is -2.51. The molecule has 5 nitrogen and oxygen atoms in total. The summed E-state index contributed by atoms with van der Waals surface area (Å²) in [6.45, 7) is 15.7. The van der Waals surface area contributed by atoms with Crippen molar-refractivity contribution < 1.29 is 14.3 Å². The largest absolute Gasteiger partial charge is 0.381 e. The summed E-state index contributed by atoms with van der Waals surface area (Å²) in [4.78, 5) is 17.3. The number of nitrogens with zero attached hydrogens (tertiary/aromatic N) is 2. The van der Waals surface area contributed by atoms with E-state index in [9.17, 15) is 4.79 Å². The van der Waals surface area contributed by atoms with Gasteiger partial charge in [-0.1, -0.05) is 13.8 Å². The lowest BCUT2D eigenvalue weighted by Gasteiger charge is -2.38. The Kier molecular flexibility index (Phi) is 9.37. The van der Waals surface area contributed by atoms with E-state index in [1.54, 1.807) is 0 Å². The minimum Gasteiger partial charge on any atom is -0.381 e. The third kappa shape index (κ3) is 7.53. The molecule has 26 heavy (non-hydrogen) atoms. The molecule has 0 bridgehead atoms. The normalized spacial score (nSPS) is 25.2. The van der Waals surface area contributed by atoms with Crippen molar-refractivity contribution in [3.8, 4) is 0 Å². The topological polar surface area (TPSA) is 42.0 Å². The predicted molar refractivity (Wildman–Crippen MR) is 105 cm³/mol. The molecule has 5 heteroatoms. The van der Waals surface area contributed by atoms with Gasteiger partial charge in [-0.25, -0.2) is 0 Å². The lowest BCUT2D eigenvalue weighted by molar-refractivity contribution is -0.139. The number of carbonyl (C=O) groups excluding carboxylic acids is 1. The van der Waals surface area contributed by atoms with E-state index in [2.05, 4.69) is 37.5 Å². The summed E-state index contributed by atoms with van der Waals surface area (Å²) in [7, 11) is 0. The third-order valence-corrected chi connectivity index (χ3v) is 5.54. The maximum absolute atomic E-state index is 12.8. The van der Waals surface area contributed by atoms with Crippen LogP contribution in [0.5, 0.6) is 0 Å². The maximum Gasteiger partial charge on any atom is 0.225 e. The molecule has 0 atom stereocenters. The van der Waals surface area contributed by atoms with E-state index in [4.69, 9.17) is 9.47 Å². The van der Waals surface area contributed by atoms with Gasteiger partial charge in [-0.05, 0) is 51.4 Å². The number of ether oxygens (including phenoxy) is 2. The zero-order chi connectivity index (χ0) is 18.9. The van der Waals surface area contributed by atoms with Crippen LogP contribution >= 0.6 is 0 Å². The van der Waals surface area contributed by atoms with Crippen LogP contribution in [0.1, 0.15) is 53.4 Å². The highest BCUT2D eigenvalue weighted by atomic mass is 16.5. The summed E-state index contributed by atoms with van der Waals surface area (Å²) in [6, 6.07) is 0. The van der Waals surface area contributed by atoms with Crippen LogP contribution in [-0.2, 0) is 14.3 Å². The zero-order valence-corrected chi connectivity index (χ0v) is 17.4. The van der Waals surface area contributed by atoms with Gasteiger partial charge < -0.3 is 14.4 Å². The van der Waals surface area contributed by atoms with E-state index < -0.39 is 0 Å². The van der Waals surface area contributed by atoms with Crippen LogP contribution in [0.25, 0.3) is 0 Å². The average molecular weight is 369 g/mol. The number of rotatable bonds is 9. The first-order valence-electron chi connectivity index (χ1n) is 10.7. The van der Waals surface area contributed by atoms with Crippen LogP contribution in [-0.4, -0.2) is 74.4 Å². The van der Waals surface area contributed by atoms with Crippen molar-refractivity contribution in [1.29, 1.82) is 0 Å². The number of hydrogen-bond acceptors (Lipinski definition) is 4. The molecule has 2 fully saturated rings. The molecular weight excluding hydrogens is 328 g/mol. The summed E-state index contributed by atoms with van der Waals surface area (Å²) < 4.78 is 11.4. The Labute approximate surface area is 160 Å². The molecule has 152 valence electrons. The molecule has 0 radical (unpaired) electrons. The molecule has 2 aliphatic rings. The SMILES string of the molecule is CC(C)COCC1CCC(C(=O)N2CCN(CCOC(C)C)CC2)CC1. The number of hydrogen-bond donors (Lipinski definition) is 0. The van der Waals surface area contributed by atoms with Crippen molar-refractivity contribution in [3.63, 3.8) is 0 Å². The Balaban J connectivity index is 1.62. The van der Waals surface area contributed by atoms with Crippen molar-refractivity contribution in [2.75, 3.05) is 52.5 Å². The monoisotopic (exact) mass is 368 g/mol. The summed E-state index contributed by atoms with van der Waals surface area (Å²) in [5.74, 6) is 1.89. The van der Waals surface area contributed by atoms with E-state index in [0.29, 0.717) is 23.8 Å². The molecule has 0 N–H and O–H groups in total. The van der Waals surface area contributed by atoms with E-state index >= 15 is 0 Å². The van der Waals surface area contributed by atoms with Gasteiger partial charge in [-0.15, -0.1) is 0 Å². The van der Waals surface area contributed by atoms with Crippen molar-refractivity contribution in [1.82, 2.24) is 9.80 Å². The zero-order valence-electron chi connectivity index (χ0n) is 17.4. The van der Waals surface area contributed by atoms with Gasteiger partial charge in [0.25, 0.3) is 0 Å². The van der Waals surface area contributed by atoms with Gasteiger partial charge in [0.05, 0.1) is 12.7 Å². The molecule has 0 aromatic rings. The van der Waals surface area contributed by atoms with Crippen LogP contribution in [0.4, 0.5) is 0 Å². The molecule has 1 aliphatic heterocycles. The fourth-order valence-corrected chi connectivity index (χ4v) is 3.91. The minimum absolute atomic E-state index is 0.243. The van der Waals surface area contributed by atoms with E-state index in [-0.39, 0.29) is 5.92 Å². The summed E-state index contributed by atoms with van der Waals surface area (Å²) >= 11 is 0. The van der Waals surface area contributed by atoms with Crippen molar-refractivity contribution in [3.05, 3.63) is 0 Å². The van der Waals surface area contributed by atoms with Crippen molar-refractivity contribution >= 4 is 5.91 Å². The van der Waals surface area contributed by atoms with Gasteiger partial charge in [-0.3, -0.25) is 9.69 Å². The number of carbonyl (C=O) groups is 1. The molecule has 1 amide bonds. The van der Waals surface area contributed by atoms with Crippen molar-refractivity contribution in [2.45, 2.75) is 59.5 Å². The molecule has 2 rings (SSSR count). The first kappa shape index (κ1) is 21.6. The first-order chi connectivity index (χ1) is 12.5. The average Bonchev–Trinajstić information content (AvgIpc) is 2.62. The molecule has 0 aromatic heterocycles. The third-order valence-electron chi connectivity index (χ3n) is 5.54. The summed E-state index contributed by atoms with van der Waals surface area (Å²) in [6.07, 6.45) is 4.65. The molecule has 1 heterocycles. The standard InChI is InChI=1S/C21H40N2O3/c1-17(2)15-25-16-19-5-7-20(8-6-19)21(24)23-11-9-22(10-12-23)13-14-26-18(3)4/h17-20H,5-16H2,1-4H3. The van der Waals surface area contributed by atoms with Gasteiger partial charge in [0, 0.05) is 51.9 Å². The quantitative estimate of drug-likeness (QED) is 0.627. The maximum atomic E-state index is 12.8. The molecule has 0 aromatic carbocycles. The second-order valence-corrected chi connectivity index (χ2v) is 8.74. The van der Waals surface area contributed by atoms with Crippen LogP contribution in [0.3, 0.4) is 0 Å². The van der Waals surface area contributed by atoms with Crippen LogP contribution in [0, 0.1) is 17.8 Å². The van der Waals surface area contributed by atoms with Gasteiger partial charge in [0.15, 0.2) is 0 Å². The fourth-order valence-electron chi connectivity index (χ4n) is 3.91. The second kappa shape index (κ2) is 11.3. The van der Waals surface area contributed by atoms with Gasteiger partial charge in [0.2, 0.25) is 5.91 Å². The smallest absolute Gasteiger partial charge is 0.225 e. The molecule has 0 unspecified atom stereocenters. The van der Waals surface area contributed by atoms with Gasteiger partial charge in [-0.2, -0.15) is 0 Å².